The highest BCUT2D eigenvalue weighted by atomic mass is 79.9. The van der Waals surface area contributed by atoms with Gasteiger partial charge in [-0.3, -0.25) is 4.79 Å². The van der Waals surface area contributed by atoms with Crippen LogP contribution in [0.4, 0.5) is 13.2 Å². The van der Waals surface area contributed by atoms with Crippen molar-refractivity contribution in [3.63, 3.8) is 0 Å². The molecule has 7 heteroatoms. The minimum Gasteiger partial charge on any atom is -0.339 e. The first-order valence-corrected chi connectivity index (χ1v) is 5.42. The van der Waals surface area contributed by atoms with Gasteiger partial charge in [-0.25, -0.2) is 0 Å². The van der Waals surface area contributed by atoms with Gasteiger partial charge < -0.3 is 9.80 Å². The summed E-state index contributed by atoms with van der Waals surface area (Å²) in [5, 5.41) is 0. The van der Waals surface area contributed by atoms with Gasteiger partial charge in [0.25, 0.3) is 0 Å². The monoisotopic (exact) mass is 288 g/mol. The molecule has 1 amide bonds. The Morgan fingerprint density at radius 2 is 1.73 bits per heavy atom. The van der Waals surface area contributed by atoms with E-state index >= 15 is 0 Å². The zero-order valence-electron chi connectivity index (χ0n) is 8.22. The average Bonchev–Trinajstić information content (AvgIpc) is 2.15. The van der Waals surface area contributed by atoms with E-state index in [1.165, 1.54) is 4.90 Å². The van der Waals surface area contributed by atoms with Gasteiger partial charge in [0.2, 0.25) is 5.91 Å². The van der Waals surface area contributed by atoms with E-state index in [1.807, 2.05) is 11.9 Å². The molecule has 0 spiro atoms. The first-order valence-electron chi connectivity index (χ1n) is 4.50. The zero-order chi connectivity index (χ0) is 11.6. The van der Waals surface area contributed by atoms with Crippen LogP contribution in [0, 0.1) is 0 Å². The largest absolute Gasteiger partial charge is 0.410 e. The number of rotatable bonds is 1. The third-order valence-electron chi connectivity index (χ3n) is 2.32. The normalized spacial score (nSPS) is 21.5. The minimum absolute atomic E-state index is 0.355. The Kier molecular flexibility index (Phi) is 3.99. The van der Waals surface area contributed by atoms with E-state index in [9.17, 15) is 18.0 Å². The number of amides is 1. The van der Waals surface area contributed by atoms with Crippen LogP contribution < -0.4 is 0 Å². The van der Waals surface area contributed by atoms with Crippen molar-refractivity contribution in [1.29, 1.82) is 0 Å². The molecular formula is C8H12BrF3N2O. The molecule has 1 rings (SSSR count). The lowest BCUT2D eigenvalue weighted by molar-refractivity contribution is -0.158. The highest BCUT2D eigenvalue weighted by Crippen LogP contribution is 2.28. The van der Waals surface area contributed by atoms with Crippen LogP contribution in [0.1, 0.15) is 0 Å². The first kappa shape index (κ1) is 12.8. The molecule has 0 saturated carbocycles. The van der Waals surface area contributed by atoms with Crippen LogP contribution in [0.3, 0.4) is 0 Å². The number of nitrogens with zero attached hydrogens (tertiary/aromatic N) is 2. The second-order valence-electron chi connectivity index (χ2n) is 3.53. The minimum atomic E-state index is -4.51. The molecule has 0 radical (unpaired) electrons. The Hall–Kier alpha value is -0.300. The van der Waals surface area contributed by atoms with Crippen molar-refractivity contribution in [3.05, 3.63) is 0 Å². The van der Waals surface area contributed by atoms with E-state index in [0.29, 0.717) is 26.2 Å². The predicted molar refractivity (Wildman–Crippen MR) is 52.8 cm³/mol. The summed E-state index contributed by atoms with van der Waals surface area (Å²) in [6, 6.07) is 0. The van der Waals surface area contributed by atoms with Gasteiger partial charge in [-0.05, 0) is 7.05 Å². The van der Waals surface area contributed by atoms with Crippen LogP contribution in [-0.4, -0.2) is 59.9 Å². The smallest absolute Gasteiger partial charge is 0.339 e. The molecular weight excluding hydrogens is 277 g/mol. The van der Waals surface area contributed by atoms with Gasteiger partial charge in [0.1, 0.15) is 0 Å². The van der Waals surface area contributed by atoms with Gasteiger partial charge in [-0.1, -0.05) is 15.9 Å². The van der Waals surface area contributed by atoms with Crippen LogP contribution in [0.15, 0.2) is 0 Å². The molecule has 1 aliphatic heterocycles. The number of hydrogen-bond donors (Lipinski definition) is 0. The molecule has 0 N–H and O–H groups in total. The molecule has 0 aliphatic carbocycles. The Morgan fingerprint density at radius 1 is 1.27 bits per heavy atom. The SMILES string of the molecule is CN1CCN(C(=O)[C@H](Br)C(F)(F)F)CC1. The van der Waals surface area contributed by atoms with Gasteiger partial charge in [-0.15, -0.1) is 0 Å². The summed E-state index contributed by atoms with van der Waals surface area (Å²) in [4.78, 5) is 12.5. The van der Waals surface area contributed by atoms with Crippen molar-refractivity contribution in [2.45, 2.75) is 11.0 Å². The average molecular weight is 289 g/mol. The number of piperazine rings is 1. The molecule has 15 heavy (non-hydrogen) atoms. The summed E-state index contributed by atoms with van der Waals surface area (Å²) in [7, 11) is 1.87. The topological polar surface area (TPSA) is 23.6 Å². The number of halogens is 4. The number of alkyl halides is 4. The Balaban J connectivity index is 2.54. The van der Waals surface area contributed by atoms with E-state index in [2.05, 4.69) is 15.9 Å². The van der Waals surface area contributed by atoms with E-state index in [-0.39, 0.29) is 0 Å². The third kappa shape index (κ3) is 3.34. The second kappa shape index (κ2) is 4.69. The molecule has 1 fully saturated rings. The van der Waals surface area contributed by atoms with Crippen molar-refractivity contribution in [3.8, 4) is 0 Å². The van der Waals surface area contributed by atoms with Crippen molar-refractivity contribution in [2.24, 2.45) is 0 Å². The van der Waals surface area contributed by atoms with Crippen LogP contribution >= 0.6 is 15.9 Å². The number of carbonyl (C=O) groups excluding carboxylic acids is 1. The van der Waals surface area contributed by atoms with Crippen molar-refractivity contribution < 1.29 is 18.0 Å². The van der Waals surface area contributed by atoms with Crippen LogP contribution in [-0.2, 0) is 4.79 Å². The van der Waals surface area contributed by atoms with E-state index in [0.717, 1.165) is 0 Å². The van der Waals surface area contributed by atoms with Gasteiger partial charge in [0.05, 0.1) is 0 Å². The predicted octanol–water partition coefficient (Wildman–Crippen LogP) is 1.09. The van der Waals surface area contributed by atoms with Crippen LogP contribution in [0.5, 0.6) is 0 Å². The Bertz CT molecular complexity index is 239. The first-order chi connectivity index (χ1) is 6.82. The van der Waals surface area contributed by atoms with Gasteiger partial charge in [-0.2, -0.15) is 13.2 Å². The van der Waals surface area contributed by atoms with Crippen LogP contribution in [0.2, 0.25) is 0 Å². The molecule has 1 heterocycles. The van der Waals surface area contributed by atoms with Crippen LogP contribution in [0.25, 0.3) is 0 Å². The molecule has 0 aromatic rings. The summed E-state index contributed by atoms with van der Waals surface area (Å²) in [6.07, 6.45) is -4.51. The lowest BCUT2D eigenvalue weighted by Crippen LogP contribution is -2.51. The van der Waals surface area contributed by atoms with E-state index in [4.69, 9.17) is 0 Å². The fourth-order valence-corrected chi connectivity index (χ4v) is 1.62. The van der Waals surface area contributed by atoms with Gasteiger partial charge >= 0.3 is 6.18 Å². The molecule has 3 nitrogen and oxygen atoms in total. The maximum Gasteiger partial charge on any atom is 0.410 e. The Morgan fingerprint density at radius 3 is 2.13 bits per heavy atom. The molecule has 0 bridgehead atoms. The summed E-state index contributed by atoms with van der Waals surface area (Å²) in [5.74, 6) is -0.893. The quantitative estimate of drug-likeness (QED) is 0.675. The lowest BCUT2D eigenvalue weighted by atomic mass is 10.3. The summed E-state index contributed by atoms with van der Waals surface area (Å²) >= 11 is 2.38. The van der Waals surface area contributed by atoms with Crippen molar-refractivity contribution in [1.82, 2.24) is 9.80 Å². The molecule has 0 unspecified atom stereocenters. The van der Waals surface area contributed by atoms with Crippen molar-refractivity contribution in [2.75, 3.05) is 33.2 Å². The van der Waals surface area contributed by atoms with E-state index < -0.39 is 16.9 Å². The molecule has 1 atom stereocenters. The third-order valence-corrected chi connectivity index (χ3v) is 3.23. The highest BCUT2D eigenvalue weighted by molar-refractivity contribution is 9.10. The Labute approximate surface area is 94.3 Å². The molecule has 1 saturated heterocycles. The van der Waals surface area contributed by atoms with Gasteiger partial charge in [0, 0.05) is 26.2 Å². The van der Waals surface area contributed by atoms with Crippen molar-refractivity contribution >= 4 is 21.8 Å². The number of carbonyl (C=O) groups is 1. The maximum atomic E-state index is 12.2. The highest BCUT2D eigenvalue weighted by Gasteiger charge is 2.45. The lowest BCUT2D eigenvalue weighted by Gasteiger charge is -2.33. The standard InChI is InChI=1S/C8H12BrF3N2O/c1-13-2-4-14(5-3-13)7(15)6(9)8(10,11)12/h6H,2-5H2,1H3/t6-/m0/s1. The number of likely N-dealkylation sites (N-methyl/N-ethyl adjacent to an activating group) is 1. The fraction of sp³-hybridized carbons (Fsp3) is 0.875. The molecule has 88 valence electrons. The molecule has 1 aliphatic rings. The zero-order valence-corrected chi connectivity index (χ0v) is 9.81. The summed E-state index contributed by atoms with van der Waals surface area (Å²) in [6.45, 7) is 1.94. The number of hydrogen-bond acceptors (Lipinski definition) is 2. The summed E-state index contributed by atoms with van der Waals surface area (Å²) in [5.41, 5.74) is 0. The second-order valence-corrected chi connectivity index (χ2v) is 4.45. The van der Waals surface area contributed by atoms with Gasteiger partial charge in [0.15, 0.2) is 4.83 Å². The van der Waals surface area contributed by atoms with E-state index in [1.54, 1.807) is 0 Å². The molecule has 0 aromatic heterocycles. The fourth-order valence-electron chi connectivity index (χ4n) is 1.33. The maximum absolute atomic E-state index is 12.2. The summed E-state index contributed by atoms with van der Waals surface area (Å²) < 4.78 is 36.7. The molecule has 0 aromatic carbocycles.